The Labute approximate surface area is 142 Å². The van der Waals surface area contributed by atoms with Crippen LogP contribution in [0.15, 0.2) is 0 Å². The number of carbonyl (C=O) groups excluding carboxylic acids is 1. The molecule has 4 heteroatoms. The summed E-state index contributed by atoms with van der Waals surface area (Å²) >= 11 is 0. The molecule has 4 nitrogen and oxygen atoms in total. The average molecular weight is 325 g/mol. The van der Waals surface area contributed by atoms with Crippen LogP contribution in [0.1, 0.15) is 79.1 Å². The van der Waals surface area contributed by atoms with Gasteiger partial charge in [-0.3, -0.25) is 0 Å². The minimum absolute atomic E-state index is 0.156. The van der Waals surface area contributed by atoms with E-state index in [-0.39, 0.29) is 6.09 Å². The van der Waals surface area contributed by atoms with Gasteiger partial charge < -0.3 is 15.0 Å². The molecule has 2 atom stereocenters. The number of ether oxygens (including phenoxy) is 1. The summed E-state index contributed by atoms with van der Waals surface area (Å²) in [7, 11) is 0. The van der Waals surface area contributed by atoms with Gasteiger partial charge in [0.2, 0.25) is 0 Å². The summed E-state index contributed by atoms with van der Waals surface area (Å²) in [6.45, 7) is 9.74. The summed E-state index contributed by atoms with van der Waals surface area (Å²) in [5, 5.41) is 3.83. The number of rotatable bonds is 3. The number of likely N-dealkylation sites (tertiary alicyclic amines) is 1. The largest absolute Gasteiger partial charge is 0.444 e. The van der Waals surface area contributed by atoms with E-state index < -0.39 is 5.60 Å². The molecule has 2 aliphatic rings. The fraction of sp³-hybridized carbons (Fsp3) is 0.947. The molecule has 0 aromatic heterocycles. The maximum Gasteiger partial charge on any atom is 0.410 e. The lowest BCUT2D eigenvalue weighted by molar-refractivity contribution is 0.0240. The lowest BCUT2D eigenvalue weighted by atomic mass is 9.84. The van der Waals surface area contributed by atoms with Gasteiger partial charge in [0.1, 0.15) is 5.60 Å². The van der Waals surface area contributed by atoms with Gasteiger partial charge in [-0.25, -0.2) is 4.79 Å². The molecule has 1 heterocycles. The lowest BCUT2D eigenvalue weighted by Gasteiger charge is -2.33. The molecular weight excluding hydrogens is 288 g/mol. The highest BCUT2D eigenvalue weighted by atomic mass is 16.6. The molecule has 1 amide bonds. The van der Waals surface area contributed by atoms with E-state index in [0.717, 1.165) is 31.8 Å². The molecule has 0 radical (unpaired) electrons. The standard InChI is InChI=1S/C19H36N2O2/c1-15(16-10-6-5-7-11-16)20-17-12-8-9-13-21(14-17)18(22)23-19(2,3)4/h15-17,20H,5-14H2,1-4H3. The number of amides is 1. The number of nitrogens with zero attached hydrogens (tertiary/aromatic N) is 1. The first kappa shape index (κ1) is 18.6. The highest BCUT2D eigenvalue weighted by Gasteiger charge is 2.28. The molecule has 1 aliphatic carbocycles. The first-order chi connectivity index (χ1) is 10.8. The maximum atomic E-state index is 12.4. The Morgan fingerprint density at radius 1 is 1.09 bits per heavy atom. The number of carbonyl (C=O) groups is 1. The van der Waals surface area contributed by atoms with Gasteiger partial charge in [-0.2, -0.15) is 0 Å². The average Bonchev–Trinajstić information content (AvgIpc) is 2.72. The second-order valence-corrected chi connectivity index (χ2v) is 8.47. The van der Waals surface area contributed by atoms with Crippen LogP contribution in [0.5, 0.6) is 0 Å². The molecule has 1 saturated carbocycles. The molecule has 0 aromatic rings. The SMILES string of the molecule is CC(NC1CCCCN(C(=O)OC(C)(C)C)C1)C1CCCCC1. The van der Waals surface area contributed by atoms with Gasteiger partial charge in [-0.1, -0.05) is 25.7 Å². The van der Waals surface area contributed by atoms with Crippen LogP contribution < -0.4 is 5.32 Å². The summed E-state index contributed by atoms with van der Waals surface area (Å²) < 4.78 is 5.56. The third-order valence-electron chi connectivity index (χ3n) is 5.18. The van der Waals surface area contributed by atoms with E-state index in [2.05, 4.69) is 12.2 Å². The van der Waals surface area contributed by atoms with Gasteiger partial charge >= 0.3 is 6.09 Å². The van der Waals surface area contributed by atoms with Gasteiger partial charge in [-0.05, 0) is 59.3 Å². The van der Waals surface area contributed by atoms with E-state index in [1.54, 1.807) is 0 Å². The van der Waals surface area contributed by atoms with Crippen LogP contribution >= 0.6 is 0 Å². The van der Waals surface area contributed by atoms with Crippen LogP contribution in [-0.4, -0.2) is 41.8 Å². The van der Waals surface area contributed by atoms with Crippen LogP contribution in [0.4, 0.5) is 4.79 Å². The summed E-state index contributed by atoms with van der Waals surface area (Å²) in [6.07, 6.45) is 10.2. The Kier molecular flexibility index (Phi) is 6.75. The summed E-state index contributed by atoms with van der Waals surface area (Å²) in [5.41, 5.74) is -0.415. The van der Waals surface area contributed by atoms with Crippen LogP contribution in [0.2, 0.25) is 0 Å². The van der Waals surface area contributed by atoms with Gasteiger partial charge in [0.05, 0.1) is 0 Å². The summed E-state index contributed by atoms with van der Waals surface area (Å²) in [6, 6.07) is 0.959. The molecule has 2 unspecified atom stereocenters. The van der Waals surface area contributed by atoms with Gasteiger partial charge in [0, 0.05) is 25.2 Å². The Hall–Kier alpha value is -0.770. The minimum Gasteiger partial charge on any atom is -0.444 e. The van der Waals surface area contributed by atoms with E-state index in [4.69, 9.17) is 4.74 Å². The quantitative estimate of drug-likeness (QED) is 0.840. The predicted molar refractivity (Wildman–Crippen MR) is 94.6 cm³/mol. The van der Waals surface area contributed by atoms with Crippen molar-refractivity contribution in [2.24, 2.45) is 5.92 Å². The number of hydrogen-bond donors (Lipinski definition) is 1. The van der Waals surface area contributed by atoms with E-state index in [1.165, 1.54) is 38.5 Å². The second kappa shape index (κ2) is 8.36. The van der Waals surface area contributed by atoms with Crippen molar-refractivity contribution in [3.8, 4) is 0 Å². The molecule has 0 spiro atoms. The highest BCUT2D eigenvalue weighted by molar-refractivity contribution is 5.68. The normalized spacial score (nSPS) is 25.7. The fourth-order valence-electron chi connectivity index (χ4n) is 3.91. The van der Waals surface area contributed by atoms with Crippen LogP contribution in [0.3, 0.4) is 0 Å². The number of hydrogen-bond acceptors (Lipinski definition) is 3. The topological polar surface area (TPSA) is 41.6 Å². The van der Waals surface area contributed by atoms with Gasteiger partial charge in [0.15, 0.2) is 0 Å². The number of nitrogens with one attached hydrogen (secondary N) is 1. The van der Waals surface area contributed by atoms with E-state index >= 15 is 0 Å². The minimum atomic E-state index is -0.415. The van der Waals surface area contributed by atoms with Crippen molar-refractivity contribution in [3.63, 3.8) is 0 Å². The molecule has 23 heavy (non-hydrogen) atoms. The first-order valence-electron chi connectivity index (χ1n) is 9.59. The zero-order chi connectivity index (χ0) is 16.9. The van der Waals surface area contributed by atoms with Crippen molar-refractivity contribution < 1.29 is 9.53 Å². The smallest absolute Gasteiger partial charge is 0.410 e. The van der Waals surface area contributed by atoms with E-state index in [0.29, 0.717) is 12.1 Å². The highest BCUT2D eigenvalue weighted by Crippen LogP contribution is 2.27. The zero-order valence-electron chi connectivity index (χ0n) is 15.6. The Morgan fingerprint density at radius 3 is 2.39 bits per heavy atom. The second-order valence-electron chi connectivity index (χ2n) is 8.47. The van der Waals surface area contributed by atoms with Crippen LogP contribution in [0.25, 0.3) is 0 Å². The third-order valence-corrected chi connectivity index (χ3v) is 5.18. The van der Waals surface area contributed by atoms with E-state index in [9.17, 15) is 4.79 Å². The van der Waals surface area contributed by atoms with Gasteiger partial charge in [-0.15, -0.1) is 0 Å². The van der Waals surface area contributed by atoms with Crippen molar-refractivity contribution in [2.75, 3.05) is 13.1 Å². The van der Waals surface area contributed by atoms with Gasteiger partial charge in [0.25, 0.3) is 0 Å². The monoisotopic (exact) mass is 324 g/mol. The molecule has 1 N–H and O–H groups in total. The van der Waals surface area contributed by atoms with Crippen LogP contribution in [-0.2, 0) is 4.74 Å². The van der Waals surface area contributed by atoms with Crippen LogP contribution in [0, 0.1) is 5.92 Å². The third kappa shape index (κ3) is 6.33. The molecule has 0 bridgehead atoms. The zero-order valence-corrected chi connectivity index (χ0v) is 15.6. The molecular formula is C19H36N2O2. The first-order valence-corrected chi connectivity index (χ1v) is 9.59. The lowest BCUT2D eigenvalue weighted by Crippen LogP contribution is -2.48. The molecule has 2 rings (SSSR count). The maximum absolute atomic E-state index is 12.4. The Bertz CT molecular complexity index is 372. The Balaban J connectivity index is 1.87. The predicted octanol–water partition coefficient (Wildman–Crippen LogP) is 4.33. The molecule has 2 fully saturated rings. The molecule has 0 aromatic carbocycles. The molecule has 1 saturated heterocycles. The van der Waals surface area contributed by atoms with Crippen molar-refractivity contribution in [2.45, 2.75) is 96.7 Å². The van der Waals surface area contributed by atoms with Crippen molar-refractivity contribution in [3.05, 3.63) is 0 Å². The fourth-order valence-corrected chi connectivity index (χ4v) is 3.91. The summed E-state index contributed by atoms with van der Waals surface area (Å²) in [5.74, 6) is 0.807. The van der Waals surface area contributed by atoms with E-state index in [1.807, 2.05) is 25.7 Å². The molecule has 1 aliphatic heterocycles. The van der Waals surface area contributed by atoms with Crippen molar-refractivity contribution in [1.82, 2.24) is 10.2 Å². The van der Waals surface area contributed by atoms with Crippen molar-refractivity contribution >= 4 is 6.09 Å². The van der Waals surface area contributed by atoms with Crippen molar-refractivity contribution in [1.29, 1.82) is 0 Å². The molecule has 134 valence electrons. The summed E-state index contributed by atoms with van der Waals surface area (Å²) in [4.78, 5) is 14.3. The Morgan fingerprint density at radius 2 is 1.74 bits per heavy atom.